The van der Waals surface area contributed by atoms with Crippen LogP contribution in [0.2, 0.25) is 5.02 Å². The Morgan fingerprint density at radius 1 is 1.26 bits per heavy atom. The minimum absolute atomic E-state index is 0. The number of nitrogens with one attached hydrogen (secondary N) is 1. The second kappa shape index (κ2) is 12.5. The Morgan fingerprint density at radius 2 is 2.00 bits per heavy atom. The van der Waals surface area contributed by atoms with Crippen LogP contribution in [0.3, 0.4) is 0 Å². The van der Waals surface area contributed by atoms with Crippen molar-refractivity contribution in [3.05, 3.63) is 46.3 Å². The molecule has 11 heteroatoms. The molecule has 0 bridgehead atoms. The first-order valence-electron chi connectivity index (χ1n) is 10.0. The monoisotopic (exact) mass is 565 g/mol. The van der Waals surface area contributed by atoms with Gasteiger partial charge >= 0.3 is 0 Å². The molecule has 0 spiro atoms. The molecule has 1 aromatic heterocycles. The standard InChI is InChI=1S/C20H29ClFN7O.HI/c1-15-25-26-19(27(15)2)13-24-20(23-7-12-30-3)29-10-8-28(9-11-29)14-16-17(21)5-4-6-18(16)22;/h4-6H,7-14H2,1-3H3,(H,23,24);1H. The third kappa shape index (κ3) is 6.99. The third-order valence-electron chi connectivity index (χ3n) is 5.26. The zero-order valence-electron chi connectivity index (χ0n) is 18.1. The Kier molecular flexibility index (Phi) is 10.4. The highest BCUT2D eigenvalue weighted by Crippen LogP contribution is 2.21. The molecule has 1 fully saturated rings. The van der Waals surface area contributed by atoms with Crippen LogP contribution in [0.25, 0.3) is 0 Å². The number of benzene rings is 1. The molecule has 8 nitrogen and oxygen atoms in total. The van der Waals surface area contributed by atoms with Gasteiger partial charge in [0.05, 0.1) is 6.61 Å². The molecule has 31 heavy (non-hydrogen) atoms. The van der Waals surface area contributed by atoms with Crippen LogP contribution < -0.4 is 5.32 Å². The average Bonchev–Trinajstić information content (AvgIpc) is 3.06. The van der Waals surface area contributed by atoms with Gasteiger partial charge in [-0.1, -0.05) is 17.7 Å². The van der Waals surface area contributed by atoms with E-state index in [4.69, 9.17) is 21.3 Å². The van der Waals surface area contributed by atoms with Crippen LogP contribution in [0.4, 0.5) is 4.39 Å². The van der Waals surface area contributed by atoms with E-state index >= 15 is 0 Å². The van der Waals surface area contributed by atoms with E-state index in [0.717, 1.165) is 43.8 Å². The van der Waals surface area contributed by atoms with Crippen molar-refractivity contribution in [2.45, 2.75) is 20.0 Å². The lowest BCUT2D eigenvalue weighted by Crippen LogP contribution is -2.52. The minimum Gasteiger partial charge on any atom is -0.383 e. The van der Waals surface area contributed by atoms with Crippen molar-refractivity contribution in [2.24, 2.45) is 12.0 Å². The summed E-state index contributed by atoms with van der Waals surface area (Å²) in [4.78, 5) is 9.17. The minimum atomic E-state index is -0.257. The molecule has 1 N–H and O–H groups in total. The number of methoxy groups -OCH3 is 1. The molecule has 0 radical (unpaired) electrons. The predicted octanol–water partition coefficient (Wildman–Crippen LogP) is 2.44. The first-order chi connectivity index (χ1) is 14.5. The van der Waals surface area contributed by atoms with Gasteiger partial charge in [0.2, 0.25) is 0 Å². The number of aliphatic imine (C=N–C) groups is 1. The molecule has 1 aliphatic heterocycles. The number of halogens is 3. The largest absolute Gasteiger partial charge is 0.383 e. The first-order valence-corrected chi connectivity index (χ1v) is 10.4. The molecule has 2 heterocycles. The van der Waals surface area contributed by atoms with E-state index in [2.05, 4.69) is 25.3 Å². The maximum absolute atomic E-state index is 14.1. The van der Waals surface area contributed by atoms with Gasteiger partial charge in [-0.05, 0) is 19.1 Å². The number of nitrogens with zero attached hydrogens (tertiary/aromatic N) is 6. The molecule has 0 atom stereocenters. The number of hydrogen-bond donors (Lipinski definition) is 1. The number of aromatic nitrogens is 3. The summed E-state index contributed by atoms with van der Waals surface area (Å²) in [6, 6.07) is 4.82. The normalized spacial score (nSPS) is 15.1. The molecule has 1 aliphatic rings. The lowest BCUT2D eigenvalue weighted by molar-refractivity contribution is 0.168. The molecule has 0 saturated carbocycles. The van der Waals surface area contributed by atoms with Crippen LogP contribution in [-0.2, 0) is 24.9 Å². The summed E-state index contributed by atoms with van der Waals surface area (Å²) in [7, 11) is 3.61. The zero-order chi connectivity index (χ0) is 21.5. The molecule has 2 aromatic rings. The van der Waals surface area contributed by atoms with Gasteiger partial charge in [0.1, 0.15) is 18.2 Å². The Labute approximate surface area is 204 Å². The molecule has 3 rings (SSSR count). The van der Waals surface area contributed by atoms with E-state index in [9.17, 15) is 4.39 Å². The lowest BCUT2D eigenvalue weighted by atomic mass is 10.2. The third-order valence-corrected chi connectivity index (χ3v) is 5.61. The van der Waals surface area contributed by atoms with Crippen molar-refractivity contribution >= 4 is 41.5 Å². The molecule has 0 aliphatic carbocycles. The van der Waals surface area contributed by atoms with Gasteiger partial charge in [0, 0.05) is 64.0 Å². The Morgan fingerprint density at radius 3 is 2.61 bits per heavy atom. The second-order valence-electron chi connectivity index (χ2n) is 7.25. The predicted molar refractivity (Wildman–Crippen MR) is 130 cm³/mol. The highest BCUT2D eigenvalue weighted by atomic mass is 127. The smallest absolute Gasteiger partial charge is 0.194 e. The first kappa shape index (κ1) is 25.8. The quantitative estimate of drug-likeness (QED) is 0.241. The topological polar surface area (TPSA) is 70.8 Å². The molecule has 0 unspecified atom stereocenters. The van der Waals surface area contributed by atoms with Crippen molar-refractivity contribution in [3.63, 3.8) is 0 Å². The van der Waals surface area contributed by atoms with Gasteiger partial charge in [-0.2, -0.15) is 0 Å². The molecule has 1 saturated heterocycles. The highest BCUT2D eigenvalue weighted by Gasteiger charge is 2.21. The Bertz CT molecular complexity index is 851. The SMILES string of the molecule is COCCNC(=NCc1nnc(C)n1C)N1CCN(Cc2c(F)cccc2Cl)CC1.I. The summed E-state index contributed by atoms with van der Waals surface area (Å²) < 4.78 is 21.2. The zero-order valence-corrected chi connectivity index (χ0v) is 21.2. The van der Waals surface area contributed by atoms with E-state index in [0.29, 0.717) is 36.8 Å². The maximum Gasteiger partial charge on any atom is 0.194 e. The van der Waals surface area contributed by atoms with Crippen LogP contribution in [0.1, 0.15) is 17.2 Å². The summed E-state index contributed by atoms with van der Waals surface area (Å²) in [6.45, 7) is 7.26. The van der Waals surface area contributed by atoms with Crippen LogP contribution >= 0.6 is 35.6 Å². The fourth-order valence-electron chi connectivity index (χ4n) is 3.29. The number of hydrogen-bond acceptors (Lipinski definition) is 5. The van der Waals surface area contributed by atoms with Gasteiger partial charge in [-0.25, -0.2) is 9.38 Å². The Hall–Kier alpha value is -1.50. The molecule has 172 valence electrons. The average molecular weight is 566 g/mol. The van der Waals surface area contributed by atoms with E-state index in [1.807, 2.05) is 18.5 Å². The van der Waals surface area contributed by atoms with E-state index in [1.165, 1.54) is 6.07 Å². The van der Waals surface area contributed by atoms with Crippen LogP contribution in [0.15, 0.2) is 23.2 Å². The van der Waals surface area contributed by atoms with Gasteiger partial charge in [0.25, 0.3) is 0 Å². The number of aryl methyl sites for hydroxylation is 1. The van der Waals surface area contributed by atoms with Crippen LogP contribution in [0.5, 0.6) is 0 Å². The summed E-state index contributed by atoms with van der Waals surface area (Å²) in [5.41, 5.74) is 0.553. The van der Waals surface area contributed by atoms with Gasteiger partial charge in [0.15, 0.2) is 11.8 Å². The molecular weight excluding hydrogens is 536 g/mol. The number of guanidine groups is 1. The molecular formula is C20H30ClFIN7O. The van der Waals surface area contributed by atoms with Crippen molar-refractivity contribution in [1.82, 2.24) is 29.9 Å². The summed E-state index contributed by atoms with van der Waals surface area (Å²) in [6.07, 6.45) is 0. The van der Waals surface area contributed by atoms with Crippen LogP contribution in [-0.4, -0.2) is 77.0 Å². The maximum atomic E-state index is 14.1. The fourth-order valence-corrected chi connectivity index (χ4v) is 3.51. The number of piperazine rings is 1. The molecule has 1 aromatic carbocycles. The fraction of sp³-hybridized carbons (Fsp3) is 0.550. The van der Waals surface area contributed by atoms with E-state index in [1.54, 1.807) is 19.2 Å². The lowest BCUT2D eigenvalue weighted by Gasteiger charge is -2.36. The van der Waals surface area contributed by atoms with Crippen molar-refractivity contribution in [2.75, 3.05) is 46.4 Å². The highest BCUT2D eigenvalue weighted by molar-refractivity contribution is 14.0. The van der Waals surface area contributed by atoms with Gasteiger partial charge in [-0.3, -0.25) is 4.90 Å². The summed E-state index contributed by atoms with van der Waals surface area (Å²) in [5, 5.41) is 12.1. The summed E-state index contributed by atoms with van der Waals surface area (Å²) in [5.74, 6) is 2.23. The summed E-state index contributed by atoms with van der Waals surface area (Å²) >= 11 is 6.18. The van der Waals surface area contributed by atoms with Gasteiger partial charge in [-0.15, -0.1) is 34.2 Å². The van der Waals surface area contributed by atoms with Crippen molar-refractivity contribution in [3.8, 4) is 0 Å². The second-order valence-corrected chi connectivity index (χ2v) is 7.65. The van der Waals surface area contributed by atoms with Gasteiger partial charge < -0.3 is 19.5 Å². The number of rotatable bonds is 7. The molecule has 0 amide bonds. The van der Waals surface area contributed by atoms with Crippen LogP contribution in [0, 0.1) is 12.7 Å². The Balaban J connectivity index is 0.00000341. The van der Waals surface area contributed by atoms with Crippen molar-refractivity contribution in [1.29, 1.82) is 0 Å². The van der Waals surface area contributed by atoms with E-state index < -0.39 is 0 Å². The van der Waals surface area contributed by atoms with E-state index in [-0.39, 0.29) is 29.8 Å². The van der Waals surface area contributed by atoms with Crippen molar-refractivity contribution < 1.29 is 9.13 Å². The number of ether oxygens (including phenoxy) is 1.